The molecule has 2 fully saturated rings. The van der Waals surface area contributed by atoms with E-state index in [1.54, 1.807) is 0 Å². The fourth-order valence-corrected chi connectivity index (χ4v) is 3.37. The molecule has 0 radical (unpaired) electrons. The van der Waals surface area contributed by atoms with Crippen molar-refractivity contribution in [3.05, 3.63) is 0 Å². The second-order valence-corrected chi connectivity index (χ2v) is 5.26. The van der Waals surface area contributed by atoms with Crippen molar-refractivity contribution in [3.63, 3.8) is 0 Å². The summed E-state index contributed by atoms with van der Waals surface area (Å²) in [6.45, 7) is 4.70. The van der Waals surface area contributed by atoms with Gasteiger partial charge in [0.25, 0.3) is 0 Å². The van der Waals surface area contributed by atoms with Crippen LogP contribution in [0, 0.1) is 17.3 Å². The molecule has 1 heteroatoms. The first-order valence-corrected chi connectivity index (χ1v) is 5.39. The first-order chi connectivity index (χ1) is 5.64. The molecular formula is C11H21N. The lowest BCUT2D eigenvalue weighted by molar-refractivity contribution is -0.0465. The molecule has 0 spiro atoms. The van der Waals surface area contributed by atoms with Gasteiger partial charge in [-0.2, -0.15) is 0 Å². The standard InChI is InChI=1S/C11H21N/c1-11(2)9-7-5-3-4-6-8(9)10(11)12/h8-10H,3-7,12H2,1-2H3. The van der Waals surface area contributed by atoms with E-state index in [1.165, 1.54) is 32.1 Å². The molecular weight excluding hydrogens is 146 g/mol. The van der Waals surface area contributed by atoms with Crippen LogP contribution in [0.3, 0.4) is 0 Å². The summed E-state index contributed by atoms with van der Waals surface area (Å²) in [6, 6.07) is 0.487. The van der Waals surface area contributed by atoms with Crippen molar-refractivity contribution >= 4 is 0 Å². The third kappa shape index (κ3) is 1.02. The van der Waals surface area contributed by atoms with Crippen molar-refractivity contribution in [2.45, 2.75) is 52.0 Å². The molecule has 2 rings (SSSR count). The predicted octanol–water partition coefficient (Wildman–Crippen LogP) is 2.55. The van der Waals surface area contributed by atoms with Gasteiger partial charge in [-0.1, -0.05) is 33.1 Å². The van der Waals surface area contributed by atoms with Crippen molar-refractivity contribution in [1.29, 1.82) is 0 Å². The van der Waals surface area contributed by atoms with Gasteiger partial charge < -0.3 is 5.73 Å². The molecule has 3 atom stereocenters. The van der Waals surface area contributed by atoms with E-state index in [0.29, 0.717) is 11.5 Å². The van der Waals surface area contributed by atoms with E-state index in [9.17, 15) is 0 Å². The van der Waals surface area contributed by atoms with Crippen molar-refractivity contribution in [1.82, 2.24) is 0 Å². The maximum Gasteiger partial charge on any atom is 0.0124 e. The number of hydrogen-bond acceptors (Lipinski definition) is 1. The van der Waals surface area contributed by atoms with Crippen molar-refractivity contribution < 1.29 is 0 Å². The minimum Gasteiger partial charge on any atom is -0.327 e. The number of hydrogen-bond donors (Lipinski definition) is 1. The van der Waals surface area contributed by atoms with Crippen LogP contribution in [0.2, 0.25) is 0 Å². The second-order valence-electron chi connectivity index (χ2n) is 5.26. The molecule has 2 saturated carbocycles. The van der Waals surface area contributed by atoms with E-state index < -0.39 is 0 Å². The van der Waals surface area contributed by atoms with E-state index >= 15 is 0 Å². The molecule has 12 heavy (non-hydrogen) atoms. The summed E-state index contributed by atoms with van der Waals surface area (Å²) in [5.41, 5.74) is 6.62. The minimum absolute atomic E-state index is 0.439. The summed E-state index contributed by atoms with van der Waals surface area (Å²) in [6.07, 6.45) is 7.14. The van der Waals surface area contributed by atoms with Gasteiger partial charge in [-0.05, 0) is 30.1 Å². The zero-order valence-electron chi connectivity index (χ0n) is 8.34. The maximum absolute atomic E-state index is 6.18. The highest BCUT2D eigenvalue weighted by Crippen LogP contribution is 2.55. The molecule has 0 bridgehead atoms. The monoisotopic (exact) mass is 167 g/mol. The highest BCUT2D eigenvalue weighted by atomic mass is 14.8. The molecule has 3 unspecified atom stereocenters. The molecule has 1 nitrogen and oxygen atoms in total. The quantitative estimate of drug-likeness (QED) is 0.589. The van der Waals surface area contributed by atoms with Crippen LogP contribution in [-0.2, 0) is 0 Å². The van der Waals surface area contributed by atoms with Crippen LogP contribution in [0.5, 0.6) is 0 Å². The van der Waals surface area contributed by atoms with Crippen LogP contribution in [0.25, 0.3) is 0 Å². The van der Waals surface area contributed by atoms with Crippen LogP contribution in [0.4, 0.5) is 0 Å². The van der Waals surface area contributed by atoms with Crippen LogP contribution in [0.15, 0.2) is 0 Å². The van der Waals surface area contributed by atoms with Gasteiger partial charge in [0, 0.05) is 6.04 Å². The predicted molar refractivity (Wildman–Crippen MR) is 51.8 cm³/mol. The largest absolute Gasteiger partial charge is 0.327 e. The van der Waals surface area contributed by atoms with E-state index in [4.69, 9.17) is 5.73 Å². The zero-order valence-corrected chi connectivity index (χ0v) is 8.34. The van der Waals surface area contributed by atoms with Crippen LogP contribution in [0.1, 0.15) is 46.0 Å². The molecule has 0 saturated heterocycles. The Morgan fingerprint density at radius 1 is 1.08 bits per heavy atom. The van der Waals surface area contributed by atoms with Gasteiger partial charge in [0.15, 0.2) is 0 Å². The lowest BCUT2D eigenvalue weighted by Crippen LogP contribution is -2.61. The molecule has 0 amide bonds. The maximum atomic E-state index is 6.18. The minimum atomic E-state index is 0.439. The fraction of sp³-hybridized carbons (Fsp3) is 1.00. The van der Waals surface area contributed by atoms with E-state index in [2.05, 4.69) is 13.8 Å². The lowest BCUT2D eigenvalue weighted by Gasteiger charge is -2.57. The number of rotatable bonds is 0. The molecule has 0 heterocycles. The Morgan fingerprint density at radius 3 is 2.50 bits per heavy atom. The fourth-order valence-electron chi connectivity index (χ4n) is 3.37. The Labute approximate surface area is 75.7 Å². The summed E-state index contributed by atoms with van der Waals surface area (Å²) in [4.78, 5) is 0. The van der Waals surface area contributed by atoms with Crippen molar-refractivity contribution in [3.8, 4) is 0 Å². The highest BCUT2D eigenvalue weighted by Gasteiger charge is 2.53. The average Bonchev–Trinajstić information content (AvgIpc) is 2.26. The highest BCUT2D eigenvalue weighted by molar-refractivity contribution is 5.06. The first kappa shape index (κ1) is 8.55. The Morgan fingerprint density at radius 2 is 1.75 bits per heavy atom. The Balaban J connectivity index is 2.08. The summed E-state index contributed by atoms with van der Waals surface area (Å²) >= 11 is 0. The van der Waals surface area contributed by atoms with Crippen LogP contribution >= 0.6 is 0 Å². The van der Waals surface area contributed by atoms with Gasteiger partial charge >= 0.3 is 0 Å². The Bertz CT molecular complexity index is 174. The molecule has 0 aromatic carbocycles. The lowest BCUT2D eigenvalue weighted by atomic mass is 9.50. The van der Waals surface area contributed by atoms with Crippen LogP contribution < -0.4 is 5.73 Å². The second kappa shape index (κ2) is 2.73. The molecule has 70 valence electrons. The van der Waals surface area contributed by atoms with Crippen molar-refractivity contribution in [2.75, 3.05) is 0 Å². The Hall–Kier alpha value is -0.0400. The zero-order chi connectivity index (χ0) is 8.77. The van der Waals surface area contributed by atoms with Gasteiger partial charge in [0.05, 0.1) is 0 Å². The first-order valence-electron chi connectivity index (χ1n) is 5.39. The molecule has 0 aromatic heterocycles. The third-order valence-corrected chi connectivity index (χ3v) is 4.35. The average molecular weight is 167 g/mol. The molecule has 2 aliphatic rings. The van der Waals surface area contributed by atoms with Crippen LogP contribution in [-0.4, -0.2) is 6.04 Å². The number of fused-ring (bicyclic) bond motifs is 1. The Kier molecular flexibility index (Phi) is 1.95. The van der Waals surface area contributed by atoms with Gasteiger partial charge in [0.1, 0.15) is 0 Å². The normalized spacial score (nSPS) is 45.8. The summed E-state index contributed by atoms with van der Waals surface area (Å²) in [5.74, 6) is 1.80. The van der Waals surface area contributed by atoms with Gasteiger partial charge in [-0.15, -0.1) is 0 Å². The van der Waals surface area contributed by atoms with Gasteiger partial charge in [-0.25, -0.2) is 0 Å². The topological polar surface area (TPSA) is 26.0 Å². The van der Waals surface area contributed by atoms with E-state index in [1.807, 2.05) is 0 Å². The van der Waals surface area contributed by atoms with Gasteiger partial charge in [0.2, 0.25) is 0 Å². The summed E-state index contributed by atoms with van der Waals surface area (Å²) < 4.78 is 0. The van der Waals surface area contributed by atoms with Crippen molar-refractivity contribution in [2.24, 2.45) is 23.0 Å². The smallest absolute Gasteiger partial charge is 0.0124 e. The van der Waals surface area contributed by atoms with E-state index in [-0.39, 0.29) is 0 Å². The summed E-state index contributed by atoms with van der Waals surface area (Å²) in [5, 5.41) is 0. The SMILES string of the molecule is CC1(C)C(N)C2CCCCCC21. The molecule has 0 aromatic rings. The third-order valence-electron chi connectivity index (χ3n) is 4.35. The van der Waals surface area contributed by atoms with Gasteiger partial charge in [-0.3, -0.25) is 0 Å². The number of nitrogens with two attached hydrogens (primary N) is 1. The molecule has 0 aliphatic heterocycles. The van der Waals surface area contributed by atoms with E-state index in [0.717, 1.165) is 11.8 Å². The molecule has 2 aliphatic carbocycles. The molecule has 2 N–H and O–H groups in total. The summed E-state index contributed by atoms with van der Waals surface area (Å²) in [7, 11) is 0.